The Morgan fingerprint density at radius 3 is 2.73 bits per heavy atom. The highest BCUT2D eigenvalue weighted by Gasteiger charge is 2.32. The summed E-state index contributed by atoms with van der Waals surface area (Å²) < 4.78 is 12.7. The molecule has 144 valence electrons. The third-order valence-corrected chi connectivity index (χ3v) is 5.08. The van der Waals surface area contributed by atoms with Gasteiger partial charge in [-0.15, -0.1) is 0 Å². The van der Waals surface area contributed by atoms with E-state index in [2.05, 4.69) is 5.10 Å². The zero-order chi connectivity index (χ0) is 18.4. The number of hydrogen-bond donors (Lipinski definition) is 0. The van der Waals surface area contributed by atoms with Crippen molar-refractivity contribution in [2.24, 2.45) is 5.92 Å². The van der Waals surface area contributed by atoms with E-state index in [0.717, 1.165) is 25.8 Å². The molecule has 0 radical (unpaired) electrons. The molecule has 3 rings (SSSR count). The summed E-state index contributed by atoms with van der Waals surface area (Å²) in [6.07, 6.45) is 5.91. The standard InChI is InChI=1S/C18H28N4O4/c1-25-14-17(23)20-9-4-15(5-10-20)18(24)21-7-3-11-26-16(12-21)13-22-8-2-6-19-22/h2,6,8,15-16H,3-5,7,9-14H2,1H3. The SMILES string of the molecule is COCC(=O)N1CCC(C(=O)N2CCCOC(Cn3cccn3)C2)CC1. The number of methoxy groups -OCH3 is 1. The van der Waals surface area contributed by atoms with Gasteiger partial charge in [-0.05, 0) is 25.3 Å². The average molecular weight is 364 g/mol. The largest absolute Gasteiger partial charge is 0.375 e. The van der Waals surface area contributed by atoms with Gasteiger partial charge in [0.15, 0.2) is 0 Å². The molecule has 26 heavy (non-hydrogen) atoms. The smallest absolute Gasteiger partial charge is 0.248 e. The third-order valence-electron chi connectivity index (χ3n) is 5.08. The number of carbonyl (C=O) groups is 2. The van der Waals surface area contributed by atoms with E-state index >= 15 is 0 Å². The van der Waals surface area contributed by atoms with Crippen molar-refractivity contribution in [2.75, 3.05) is 46.5 Å². The van der Waals surface area contributed by atoms with Gasteiger partial charge in [0.05, 0.1) is 12.6 Å². The Labute approximate surface area is 154 Å². The molecule has 0 N–H and O–H groups in total. The van der Waals surface area contributed by atoms with Gasteiger partial charge in [-0.2, -0.15) is 5.10 Å². The van der Waals surface area contributed by atoms with Gasteiger partial charge >= 0.3 is 0 Å². The summed E-state index contributed by atoms with van der Waals surface area (Å²) in [6, 6.07) is 1.89. The van der Waals surface area contributed by atoms with Crippen molar-refractivity contribution in [3.05, 3.63) is 18.5 Å². The summed E-state index contributed by atoms with van der Waals surface area (Å²) in [7, 11) is 1.52. The molecular formula is C18H28N4O4. The number of nitrogens with zero attached hydrogens (tertiary/aromatic N) is 4. The summed E-state index contributed by atoms with van der Waals surface area (Å²) in [5, 5.41) is 4.23. The Morgan fingerprint density at radius 1 is 1.23 bits per heavy atom. The lowest BCUT2D eigenvalue weighted by atomic mass is 9.95. The van der Waals surface area contributed by atoms with E-state index in [1.54, 1.807) is 11.1 Å². The van der Waals surface area contributed by atoms with Gasteiger partial charge in [-0.25, -0.2) is 0 Å². The van der Waals surface area contributed by atoms with Crippen LogP contribution in [-0.4, -0.2) is 84.0 Å². The Balaban J connectivity index is 1.52. The quantitative estimate of drug-likeness (QED) is 0.755. The summed E-state index contributed by atoms with van der Waals surface area (Å²) in [4.78, 5) is 28.6. The van der Waals surface area contributed by atoms with E-state index in [-0.39, 0.29) is 30.4 Å². The molecule has 1 aromatic rings. The number of likely N-dealkylation sites (tertiary alicyclic amines) is 1. The van der Waals surface area contributed by atoms with Gasteiger partial charge in [0.25, 0.3) is 0 Å². The molecule has 0 spiro atoms. The number of carbonyl (C=O) groups excluding carboxylic acids is 2. The van der Waals surface area contributed by atoms with E-state index in [1.807, 2.05) is 21.8 Å². The van der Waals surface area contributed by atoms with Gasteiger partial charge in [0.1, 0.15) is 6.61 Å². The van der Waals surface area contributed by atoms with Crippen LogP contribution in [0, 0.1) is 5.92 Å². The average Bonchev–Trinajstić information content (AvgIpc) is 3.05. The maximum absolute atomic E-state index is 13.0. The molecule has 2 amide bonds. The van der Waals surface area contributed by atoms with E-state index in [1.165, 1.54) is 7.11 Å². The molecule has 2 aliphatic rings. The van der Waals surface area contributed by atoms with Crippen LogP contribution < -0.4 is 0 Å². The van der Waals surface area contributed by atoms with Gasteiger partial charge in [0.2, 0.25) is 11.8 Å². The Kier molecular flexibility index (Phi) is 6.62. The Morgan fingerprint density at radius 2 is 2.04 bits per heavy atom. The number of rotatable bonds is 5. The number of hydrogen-bond acceptors (Lipinski definition) is 5. The van der Waals surface area contributed by atoms with Gasteiger partial charge in [-0.3, -0.25) is 14.3 Å². The fourth-order valence-electron chi connectivity index (χ4n) is 3.67. The minimum atomic E-state index is -0.0373. The predicted molar refractivity (Wildman–Crippen MR) is 94.3 cm³/mol. The molecule has 1 unspecified atom stereocenters. The van der Waals surface area contributed by atoms with Gasteiger partial charge < -0.3 is 19.3 Å². The lowest BCUT2D eigenvalue weighted by molar-refractivity contribution is -0.142. The molecule has 3 heterocycles. The molecular weight excluding hydrogens is 336 g/mol. The Hall–Kier alpha value is -1.93. The summed E-state index contributed by atoms with van der Waals surface area (Å²) in [6.45, 7) is 4.01. The number of amides is 2. The number of aromatic nitrogens is 2. The second-order valence-corrected chi connectivity index (χ2v) is 6.95. The zero-order valence-corrected chi connectivity index (χ0v) is 15.4. The molecule has 2 aliphatic heterocycles. The molecule has 0 aromatic carbocycles. The van der Waals surface area contributed by atoms with Crippen LogP contribution in [0.25, 0.3) is 0 Å². The lowest BCUT2D eigenvalue weighted by Gasteiger charge is -2.34. The minimum absolute atomic E-state index is 0.000795. The van der Waals surface area contributed by atoms with Gasteiger partial charge in [0, 0.05) is 58.2 Å². The van der Waals surface area contributed by atoms with Crippen LogP contribution in [0.1, 0.15) is 19.3 Å². The van der Waals surface area contributed by atoms with Crippen molar-refractivity contribution in [1.82, 2.24) is 19.6 Å². The predicted octanol–water partition coefficient (Wildman–Crippen LogP) is 0.386. The monoisotopic (exact) mass is 364 g/mol. The molecule has 1 atom stereocenters. The van der Waals surface area contributed by atoms with E-state index < -0.39 is 0 Å². The molecule has 2 saturated heterocycles. The molecule has 8 heteroatoms. The molecule has 0 bridgehead atoms. The van der Waals surface area contributed by atoms with Crippen molar-refractivity contribution >= 4 is 11.8 Å². The van der Waals surface area contributed by atoms with E-state index in [4.69, 9.17) is 9.47 Å². The second kappa shape index (κ2) is 9.14. The van der Waals surface area contributed by atoms with Crippen LogP contribution in [-0.2, 0) is 25.6 Å². The Bertz CT molecular complexity index is 584. The maximum Gasteiger partial charge on any atom is 0.248 e. The van der Waals surface area contributed by atoms with Gasteiger partial charge in [-0.1, -0.05) is 0 Å². The first kappa shape index (κ1) is 18.8. The number of piperidine rings is 1. The highest BCUT2D eigenvalue weighted by Crippen LogP contribution is 2.21. The highest BCUT2D eigenvalue weighted by atomic mass is 16.5. The summed E-state index contributed by atoms with van der Waals surface area (Å²) >= 11 is 0. The van der Waals surface area contributed by atoms with Crippen LogP contribution in [0.2, 0.25) is 0 Å². The molecule has 8 nitrogen and oxygen atoms in total. The van der Waals surface area contributed by atoms with E-state index in [0.29, 0.717) is 32.8 Å². The fourth-order valence-corrected chi connectivity index (χ4v) is 3.67. The number of ether oxygens (including phenoxy) is 2. The molecule has 1 aromatic heterocycles. The first-order valence-corrected chi connectivity index (χ1v) is 9.32. The molecule has 2 fully saturated rings. The van der Waals surface area contributed by atoms with Crippen LogP contribution in [0.4, 0.5) is 0 Å². The maximum atomic E-state index is 13.0. The van der Waals surface area contributed by atoms with Crippen LogP contribution in [0.5, 0.6) is 0 Å². The third kappa shape index (κ3) is 4.82. The summed E-state index contributed by atoms with van der Waals surface area (Å²) in [5.41, 5.74) is 0. The van der Waals surface area contributed by atoms with Crippen molar-refractivity contribution in [1.29, 1.82) is 0 Å². The summed E-state index contributed by atoms with van der Waals surface area (Å²) in [5.74, 6) is 0.186. The first-order chi connectivity index (χ1) is 12.7. The van der Waals surface area contributed by atoms with E-state index in [9.17, 15) is 9.59 Å². The van der Waals surface area contributed by atoms with Crippen LogP contribution >= 0.6 is 0 Å². The molecule has 0 saturated carbocycles. The minimum Gasteiger partial charge on any atom is -0.375 e. The highest BCUT2D eigenvalue weighted by molar-refractivity contribution is 5.80. The van der Waals surface area contributed by atoms with Crippen molar-refractivity contribution < 1.29 is 19.1 Å². The van der Waals surface area contributed by atoms with Crippen LogP contribution in [0.3, 0.4) is 0 Å². The van der Waals surface area contributed by atoms with Crippen molar-refractivity contribution in [3.63, 3.8) is 0 Å². The van der Waals surface area contributed by atoms with Crippen molar-refractivity contribution in [3.8, 4) is 0 Å². The lowest BCUT2D eigenvalue weighted by Crippen LogP contribution is -2.47. The normalized spacial score (nSPS) is 22.3. The van der Waals surface area contributed by atoms with Crippen molar-refractivity contribution in [2.45, 2.75) is 31.9 Å². The zero-order valence-electron chi connectivity index (χ0n) is 15.4. The molecule has 0 aliphatic carbocycles. The van der Waals surface area contributed by atoms with Crippen LogP contribution in [0.15, 0.2) is 18.5 Å². The fraction of sp³-hybridized carbons (Fsp3) is 0.722. The first-order valence-electron chi connectivity index (χ1n) is 9.32. The topological polar surface area (TPSA) is 76.9 Å². The second-order valence-electron chi connectivity index (χ2n) is 6.95.